The maximum Gasteiger partial charge on any atom is 0.0926 e. The topological polar surface area (TPSA) is 28.7 Å². The SMILES string of the molecule is Cc1ccccc1-c1cc(C2CCC2)[nH]n1. The zero-order chi connectivity index (χ0) is 11.0. The Bertz CT molecular complexity index is 495. The first-order chi connectivity index (χ1) is 7.84. The van der Waals surface area contributed by atoms with E-state index in [0.717, 1.165) is 11.6 Å². The summed E-state index contributed by atoms with van der Waals surface area (Å²) in [6.45, 7) is 2.13. The number of aromatic amines is 1. The van der Waals surface area contributed by atoms with E-state index in [4.69, 9.17) is 0 Å². The van der Waals surface area contributed by atoms with E-state index in [-0.39, 0.29) is 0 Å². The van der Waals surface area contributed by atoms with E-state index in [0.29, 0.717) is 0 Å². The molecule has 0 unspecified atom stereocenters. The van der Waals surface area contributed by atoms with Crippen molar-refractivity contribution in [3.8, 4) is 11.3 Å². The Hall–Kier alpha value is -1.57. The zero-order valence-corrected chi connectivity index (χ0v) is 9.53. The van der Waals surface area contributed by atoms with E-state index < -0.39 is 0 Å². The van der Waals surface area contributed by atoms with Gasteiger partial charge in [-0.3, -0.25) is 5.10 Å². The van der Waals surface area contributed by atoms with Gasteiger partial charge in [-0.25, -0.2) is 0 Å². The highest BCUT2D eigenvalue weighted by atomic mass is 15.1. The van der Waals surface area contributed by atoms with E-state index in [1.54, 1.807) is 0 Å². The molecule has 1 aromatic carbocycles. The standard InChI is InChI=1S/C14H16N2/c1-10-5-2-3-8-12(10)14-9-13(15-16-14)11-6-4-7-11/h2-3,5,8-9,11H,4,6-7H2,1H3,(H,15,16). The molecule has 1 aliphatic rings. The second kappa shape index (κ2) is 3.78. The van der Waals surface area contributed by atoms with Crippen LogP contribution in [0.15, 0.2) is 30.3 Å². The Morgan fingerprint density at radius 1 is 1.25 bits per heavy atom. The first kappa shape index (κ1) is 9.64. The van der Waals surface area contributed by atoms with Gasteiger partial charge in [0, 0.05) is 17.2 Å². The number of benzene rings is 1. The predicted octanol–water partition coefficient (Wildman–Crippen LogP) is 3.65. The Balaban J connectivity index is 1.95. The molecule has 1 heterocycles. The first-order valence-corrected chi connectivity index (χ1v) is 5.96. The van der Waals surface area contributed by atoms with Crippen molar-refractivity contribution in [1.29, 1.82) is 0 Å². The number of H-pyrrole nitrogens is 1. The van der Waals surface area contributed by atoms with Crippen LogP contribution in [0.4, 0.5) is 0 Å². The second-order valence-electron chi connectivity index (χ2n) is 4.65. The van der Waals surface area contributed by atoms with Gasteiger partial charge in [0.1, 0.15) is 0 Å². The Kier molecular flexibility index (Phi) is 2.28. The molecular formula is C14H16N2. The molecule has 0 spiro atoms. The molecule has 0 amide bonds. The molecular weight excluding hydrogens is 196 g/mol. The molecule has 0 aliphatic heterocycles. The molecule has 2 aromatic rings. The lowest BCUT2D eigenvalue weighted by Gasteiger charge is -2.23. The van der Waals surface area contributed by atoms with Crippen molar-refractivity contribution >= 4 is 0 Å². The summed E-state index contributed by atoms with van der Waals surface area (Å²) in [6, 6.07) is 10.6. The normalized spacial score (nSPS) is 16.1. The van der Waals surface area contributed by atoms with E-state index in [9.17, 15) is 0 Å². The van der Waals surface area contributed by atoms with Gasteiger partial charge in [0.25, 0.3) is 0 Å². The van der Waals surface area contributed by atoms with E-state index in [1.807, 2.05) is 0 Å². The summed E-state index contributed by atoms with van der Waals surface area (Å²) in [6.07, 6.45) is 3.99. The van der Waals surface area contributed by atoms with Crippen LogP contribution < -0.4 is 0 Å². The quantitative estimate of drug-likeness (QED) is 0.808. The summed E-state index contributed by atoms with van der Waals surface area (Å²) in [5.74, 6) is 0.727. The van der Waals surface area contributed by atoms with Gasteiger partial charge in [-0.05, 0) is 31.4 Å². The molecule has 1 saturated carbocycles. The average Bonchev–Trinajstić information content (AvgIpc) is 2.65. The monoisotopic (exact) mass is 212 g/mol. The molecule has 1 fully saturated rings. The number of hydrogen-bond acceptors (Lipinski definition) is 1. The fraction of sp³-hybridized carbons (Fsp3) is 0.357. The van der Waals surface area contributed by atoms with Crippen LogP contribution in [0.2, 0.25) is 0 Å². The lowest BCUT2D eigenvalue weighted by Crippen LogP contribution is -2.08. The van der Waals surface area contributed by atoms with E-state index in [2.05, 4.69) is 47.5 Å². The summed E-state index contributed by atoms with van der Waals surface area (Å²) in [5, 5.41) is 7.61. The number of nitrogens with zero attached hydrogens (tertiary/aromatic N) is 1. The fourth-order valence-corrected chi connectivity index (χ4v) is 2.26. The van der Waals surface area contributed by atoms with Gasteiger partial charge in [-0.2, -0.15) is 5.10 Å². The summed E-state index contributed by atoms with van der Waals surface area (Å²) in [5.41, 5.74) is 4.92. The van der Waals surface area contributed by atoms with Crippen LogP contribution in [-0.4, -0.2) is 10.2 Å². The molecule has 1 aliphatic carbocycles. The predicted molar refractivity (Wildman–Crippen MR) is 65.4 cm³/mol. The minimum Gasteiger partial charge on any atom is -0.282 e. The largest absolute Gasteiger partial charge is 0.282 e. The molecule has 0 saturated heterocycles. The maximum atomic E-state index is 4.43. The van der Waals surface area contributed by atoms with E-state index in [1.165, 1.54) is 36.1 Å². The molecule has 1 N–H and O–H groups in total. The first-order valence-electron chi connectivity index (χ1n) is 5.96. The van der Waals surface area contributed by atoms with Crippen molar-refractivity contribution in [3.63, 3.8) is 0 Å². The number of rotatable bonds is 2. The summed E-state index contributed by atoms with van der Waals surface area (Å²) >= 11 is 0. The molecule has 2 heteroatoms. The highest BCUT2D eigenvalue weighted by Crippen LogP contribution is 2.36. The minimum absolute atomic E-state index is 0.727. The highest BCUT2D eigenvalue weighted by molar-refractivity contribution is 5.63. The maximum absolute atomic E-state index is 4.43. The van der Waals surface area contributed by atoms with Gasteiger partial charge in [0.15, 0.2) is 0 Å². The second-order valence-corrected chi connectivity index (χ2v) is 4.65. The number of aromatic nitrogens is 2. The van der Waals surface area contributed by atoms with Gasteiger partial charge in [-0.1, -0.05) is 30.7 Å². The van der Waals surface area contributed by atoms with Crippen molar-refractivity contribution in [3.05, 3.63) is 41.6 Å². The number of aryl methyl sites for hydroxylation is 1. The number of nitrogens with one attached hydrogen (secondary N) is 1. The molecule has 3 rings (SSSR count). The average molecular weight is 212 g/mol. The molecule has 0 bridgehead atoms. The molecule has 0 radical (unpaired) electrons. The van der Waals surface area contributed by atoms with Gasteiger partial charge in [-0.15, -0.1) is 0 Å². The van der Waals surface area contributed by atoms with Crippen molar-refractivity contribution in [2.75, 3.05) is 0 Å². The van der Waals surface area contributed by atoms with Gasteiger partial charge in [0.05, 0.1) is 5.69 Å². The Labute approximate surface area is 95.7 Å². The Morgan fingerprint density at radius 3 is 2.75 bits per heavy atom. The highest BCUT2D eigenvalue weighted by Gasteiger charge is 2.21. The van der Waals surface area contributed by atoms with Gasteiger partial charge in [0.2, 0.25) is 0 Å². The molecule has 16 heavy (non-hydrogen) atoms. The third-order valence-electron chi connectivity index (χ3n) is 3.56. The van der Waals surface area contributed by atoms with Crippen LogP contribution in [0.3, 0.4) is 0 Å². The lowest BCUT2D eigenvalue weighted by atomic mass is 9.83. The summed E-state index contributed by atoms with van der Waals surface area (Å²) in [4.78, 5) is 0. The van der Waals surface area contributed by atoms with Crippen LogP contribution >= 0.6 is 0 Å². The Morgan fingerprint density at radius 2 is 2.06 bits per heavy atom. The van der Waals surface area contributed by atoms with Gasteiger partial charge >= 0.3 is 0 Å². The van der Waals surface area contributed by atoms with Crippen molar-refractivity contribution in [1.82, 2.24) is 10.2 Å². The van der Waals surface area contributed by atoms with Crippen LogP contribution in [0, 0.1) is 6.92 Å². The van der Waals surface area contributed by atoms with E-state index >= 15 is 0 Å². The molecule has 2 nitrogen and oxygen atoms in total. The van der Waals surface area contributed by atoms with Crippen LogP contribution in [0.25, 0.3) is 11.3 Å². The third kappa shape index (κ3) is 1.54. The molecule has 0 atom stereocenters. The van der Waals surface area contributed by atoms with Crippen LogP contribution in [0.5, 0.6) is 0 Å². The van der Waals surface area contributed by atoms with Gasteiger partial charge < -0.3 is 0 Å². The van der Waals surface area contributed by atoms with Crippen molar-refractivity contribution in [2.45, 2.75) is 32.1 Å². The minimum atomic E-state index is 0.727. The lowest BCUT2D eigenvalue weighted by molar-refractivity contribution is 0.410. The van der Waals surface area contributed by atoms with Crippen LogP contribution in [-0.2, 0) is 0 Å². The number of hydrogen-bond donors (Lipinski definition) is 1. The molecule has 82 valence electrons. The summed E-state index contributed by atoms with van der Waals surface area (Å²) < 4.78 is 0. The zero-order valence-electron chi connectivity index (χ0n) is 9.53. The summed E-state index contributed by atoms with van der Waals surface area (Å²) in [7, 11) is 0. The van der Waals surface area contributed by atoms with Crippen LogP contribution in [0.1, 0.15) is 36.4 Å². The van der Waals surface area contributed by atoms with Crippen molar-refractivity contribution in [2.24, 2.45) is 0 Å². The van der Waals surface area contributed by atoms with Crippen molar-refractivity contribution < 1.29 is 0 Å². The fourth-order valence-electron chi connectivity index (χ4n) is 2.26. The smallest absolute Gasteiger partial charge is 0.0926 e. The molecule has 1 aromatic heterocycles. The third-order valence-corrected chi connectivity index (χ3v) is 3.56.